The van der Waals surface area contributed by atoms with Crippen molar-refractivity contribution in [2.45, 2.75) is 13.5 Å². The summed E-state index contributed by atoms with van der Waals surface area (Å²) in [6, 6.07) is 14.5. The minimum atomic E-state index is 0.840. The van der Waals surface area contributed by atoms with Gasteiger partial charge in [-0.1, -0.05) is 40.2 Å². The minimum absolute atomic E-state index is 0.840. The molecule has 0 bridgehead atoms. The molecular formula is C15H17BrN2. The molecule has 0 aliphatic heterocycles. The molecule has 0 saturated carbocycles. The summed E-state index contributed by atoms with van der Waals surface area (Å²) in [4.78, 5) is 2.17. The van der Waals surface area contributed by atoms with Gasteiger partial charge in [0, 0.05) is 18.1 Å². The number of anilines is 2. The first-order valence-corrected chi connectivity index (χ1v) is 6.68. The lowest BCUT2D eigenvalue weighted by Gasteiger charge is -2.22. The van der Waals surface area contributed by atoms with Crippen molar-refractivity contribution in [3.63, 3.8) is 0 Å². The molecule has 2 aromatic carbocycles. The zero-order valence-corrected chi connectivity index (χ0v) is 12.2. The van der Waals surface area contributed by atoms with Gasteiger partial charge in [0.15, 0.2) is 0 Å². The monoisotopic (exact) mass is 304 g/mol. The third kappa shape index (κ3) is 2.85. The molecular weight excluding hydrogens is 288 g/mol. The summed E-state index contributed by atoms with van der Waals surface area (Å²) in [6.07, 6.45) is 0. The predicted octanol–water partition coefficient (Wildman–Crippen LogP) is 3.98. The van der Waals surface area contributed by atoms with Gasteiger partial charge in [0.25, 0.3) is 0 Å². The van der Waals surface area contributed by atoms with E-state index in [2.05, 4.69) is 46.1 Å². The molecule has 18 heavy (non-hydrogen) atoms. The summed E-state index contributed by atoms with van der Waals surface area (Å²) >= 11 is 3.49. The average Bonchev–Trinajstić information content (AvgIpc) is 2.32. The second-order valence-electron chi connectivity index (χ2n) is 4.49. The molecule has 2 rings (SSSR count). The van der Waals surface area contributed by atoms with Crippen LogP contribution in [-0.2, 0) is 6.54 Å². The third-order valence-corrected chi connectivity index (χ3v) is 3.51. The molecule has 0 aliphatic carbocycles. The highest BCUT2D eigenvalue weighted by atomic mass is 79.9. The molecule has 3 heteroatoms. The van der Waals surface area contributed by atoms with Crippen LogP contribution in [0.3, 0.4) is 0 Å². The maximum Gasteiger partial charge on any atom is 0.0603 e. The maximum atomic E-state index is 6.12. The standard InChI is InChI=1S/C15H17BrN2/c1-11-5-3-8-14(15(11)17)18(2)10-12-6-4-7-13(16)9-12/h3-9H,10,17H2,1-2H3. The SMILES string of the molecule is Cc1cccc(N(C)Cc2cccc(Br)c2)c1N. The van der Waals surface area contributed by atoms with Crippen molar-refractivity contribution in [2.24, 2.45) is 0 Å². The molecule has 0 atom stereocenters. The van der Waals surface area contributed by atoms with E-state index in [1.54, 1.807) is 0 Å². The van der Waals surface area contributed by atoms with Gasteiger partial charge in [-0.2, -0.15) is 0 Å². The molecule has 0 amide bonds. The van der Waals surface area contributed by atoms with E-state index in [1.807, 2.05) is 31.2 Å². The molecule has 94 valence electrons. The van der Waals surface area contributed by atoms with Gasteiger partial charge in [-0.15, -0.1) is 0 Å². The van der Waals surface area contributed by atoms with Crippen LogP contribution in [0.5, 0.6) is 0 Å². The van der Waals surface area contributed by atoms with Crippen LogP contribution >= 0.6 is 15.9 Å². The Morgan fingerprint density at radius 2 is 1.89 bits per heavy atom. The first kappa shape index (κ1) is 13.0. The van der Waals surface area contributed by atoms with Crippen molar-refractivity contribution in [1.29, 1.82) is 0 Å². The Bertz CT molecular complexity index is 552. The zero-order valence-electron chi connectivity index (χ0n) is 10.7. The van der Waals surface area contributed by atoms with Crippen LogP contribution in [0.1, 0.15) is 11.1 Å². The van der Waals surface area contributed by atoms with Gasteiger partial charge in [-0.3, -0.25) is 0 Å². The number of rotatable bonds is 3. The van der Waals surface area contributed by atoms with Gasteiger partial charge in [-0.25, -0.2) is 0 Å². The molecule has 0 fully saturated rings. The molecule has 0 aliphatic rings. The second kappa shape index (κ2) is 5.44. The molecule has 0 radical (unpaired) electrons. The highest BCUT2D eigenvalue weighted by Crippen LogP contribution is 2.26. The van der Waals surface area contributed by atoms with Gasteiger partial charge < -0.3 is 10.6 Å². The molecule has 2 aromatic rings. The first-order valence-electron chi connectivity index (χ1n) is 5.88. The molecule has 0 unspecified atom stereocenters. The summed E-state index contributed by atoms with van der Waals surface area (Å²) < 4.78 is 1.10. The quantitative estimate of drug-likeness (QED) is 0.869. The number of nitrogens with two attached hydrogens (primary N) is 1. The Kier molecular flexibility index (Phi) is 3.92. The predicted molar refractivity (Wildman–Crippen MR) is 81.8 cm³/mol. The van der Waals surface area contributed by atoms with Crippen LogP contribution in [0, 0.1) is 6.92 Å². The Labute approximate surface area is 117 Å². The Morgan fingerprint density at radius 3 is 2.61 bits per heavy atom. The van der Waals surface area contributed by atoms with Crippen LogP contribution in [0.2, 0.25) is 0 Å². The Hall–Kier alpha value is -1.48. The van der Waals surface area contributed by atoms with Crippen LogP contribution < -0.4 is 10.6 Å². The zero-order chi connectivity index (χ0) is 13.1. The third-order valence-electron chi connectivity index (χ3n) is 3.02. The summed E-state index contributed by atoms with van der Waals surface area (Å²) in [5.74, 6) is 0. The summed E-state index contributed by atoms with van der Waals surface area (Å²) in [6.45, 7) is 2.87. The number of nitrogens with zero attached hydrogens (tertiary/aromatic N) is 1. The fourth-order valence-corrected chi connectivity index (χ4v) is 2.44. The van der Waals surface area contributed by atoms with Gasteiger partial charge >= 0.3 is 0 Å². The number of hydrogen-bond acceptors (Lipinski definition) is 2. The van der Waals surface area contributed by atoms with E-state index < -0.39 is 0 Å². The van der Waals surface area contributed by atoms with Gasteiger partial charge in [0.1, 0.15) is 0 Å². The van der Waals surface area contributed by atoms with Gasteiger partial charge in [0.2, 0.25) is 0 Å². The van der Waals surface area contributed by atoms with Crippen molar-refractivity contribution in [3.05, 3.63) is 58.1 Å². The van der Waals surface area contributed by atoms with Crippen LogP contribution in [0.15, 0.2) is 46.9 Å². The number of nitrogen functional groups attached to an aromatic ring is 1. The molecule has 0 saturated heterocycles. The minimum Gasteiger partial charge on any atom is -0.397 e. The Balaban J connectivity index is 2.22. The molecule has 2 N–H and O–H groups in total. The molecule has 2 nitrogen and oxygen atoms in total. The van der Waals surface area contributed by atoms with E-state index in [1.165, 1.54) is 5.56 Å². The van der Waals surface area contributed by atoms with E-state index in [4.69, 9.17) is 5.73 Å². The van der Waals surface area contributed by atoms with E-state index in [-0.39, 0.29) is 0 Å². The van der Waals surface area contributed by atoms with Crippen molar-refractivity contribution in [1.82, 2.24) is 0 Å². The highest BCUT2D eigenvalue weighted by Gasteiger charge is 2.07. The maximum absolute atomic E-state index is 6.12. The largest absolute Gasteiger partial charge is 0.397 e. The van der Waals surface area contributed by atoms with Crippen LogP contribution in [0.25, 0.3) is 0 Å². The fraction of sp³-hybridized carbons (Fsp3) is 0.200. The molecule has 0 spiro atoms. The summed E-state index contributed by atoms with van der Waals surface area (Å²) in [5.41, 5.74) is 10.4. The van der Waals surface area contributed by atoms with E-state index in [0.717, 1.165) is 28.0 Å². The number of aryl methyl sites for hydroxylation is 1. The first-order chi connectivity index (χ1) is 8.58. The number of benzene rings is 2. The lowest BCUT2D eigenvalue weighted by atomic mass is 10.1. The van der Waals surface area contributed by atoms with E-state index in [0.29, 0.717) is 0 Å². The topological polar surface area (TPSA) is 29.3 Å². The van der Waals surface area contributed by atoms with Gasteiger partial charge in [0.05, 0.1) is 11.4 Å². The van der Waals surface area contributed by atoms with Gasteiger partial charge in [-0.05, 0) is 36.2 Å². The van der Waals surface area contributed by atoms with E-state index >= 15 is 0 Å². The fourth-order valence-electron chi connectivity index (χ4n) is 1.99. The number of halogens is 1. The van der Waals surface area contributed by atoms with E-state index in [9.17, 15) is 0 Å². The average molecular weight is 305 g/mol. The summed E-state index contributed by atoms with van der Waals surface area (Å²) in [5, 5.41) is 0. The smallest absolute Gasteiger partial charge is 0.0603 e. The highest BCUT2D eigenvalue weighted by molar-refractivity contribution is 9.10. The normalized spacial score (nSPS) is 10.4. The Morgan fingerprint density at radius 1 is 1.17 bits per heavy atom. The molecule has 0 heterocycles. The van der Waals surface area contributed by atoms with Crippen molar-refractivity contribution < 1.29 is 0 Å². The number of hydrogen-bond donors (Lipinski definition) is 1. The van der Waals surface area contributed by atoms with Crippen molar-refractivity contribution in [3.8, 4) is 0 Å². The van der Waals surface area contributed by atoms with Crippen LogP contribution in [-0.4, -0.2) is 7.05 Å². The van der Waals surface area contributed by atoms with Crippen molar-refractivity contribution >= 4 is 27.3 Å². The summed E-state index contributed by atoms with van der Waals surface area (Å²) in [7, 11) is 2.06. The van der Waals surface area contributed by atoms with Crippen molar-refractivity contribution in [2.75, 3.05) is 17.7 Å². The lowest BCUT2D eigenvalue weighted by molar-refractivity contribution is 0.923. The second-order valence-corrected chi connectivity index (χ2v) is 5.41. The number of para-hydroxylation sites is 1. The lowest BCUT2D eigenvalue weighted by Crippen LogP contribution is -2.18. The molecule has 0 aromatic heterocycles. The van der Waals surface area contributed by atoms with Crippen LogP contribution in [0.4, 0.5) is 11.4 Å².